The van der Waals surface area contributed by atoms with Gasteiger partial charge in [-0.2, -0.15) is 0 Å². The van der Waals surface area contributed by atoms with E-state index in [-0.39, 0.29) is 17.4 Å². The number of carbonyl (C=O) groups excluding carboxylic acids is 3. The molecule has 0 atom stereocenters. The van der Waals surface area contributed by atoms with Crippen LogP contribution in [0.15, 0.2) is 48.5 Å². The number of hydrogen-bond acceptors (Lipinski definition) is 3. The Bertz CT molecular complexity index is 835. The SMILES string of the molecule is CC(C)(C)C(=O)Nc1cccc2c1C(=O)N(c1ccccc1)C2=O. The van der Waals surface area contributed by atoms with Crippen LogP contribution in [-0.4, -0.2) is 17.7 Å². The van der Waals surface area contributed by atoms with Gasteiger partial charge < -0.3 is 5.32 Å². The molecule has 5 nitrogen and oxygen atoms in total. The molecule has 2 aromatic carbocycles. The zero-order valence-electron chi connectivity index (χ0n) is 13.8. The van der Waals surface area contributed by atoms with Crippen LogP contribution in [0.1, 0.15) is 41.5 Å². The van der Waals surface area contributed by atoms with Crippen LogP contribution < -0.4 is 10.2 Å². The number of hydrogen-bond donors (Lipinski definition) is 1. The Kier molecular flexibility index (Phi) is 3.72. The van der Waals surface area contributed by atoms with Gasteiger partial charge >= 0.3 is 0 Å². The predicted octanol–water partition coefficient (Wildman–Crippen LogP) is 3.47. The highest BCUT2D eigenvalue weighted by molar-refractivity contribution is 6.36. The summed E-state index contributed by atoms with van der Waals surface area (Å²) < 4.78 is 0. The van der Waals surface area contributed by atoms with Crippen molar-refractivity contribution in [2.45, 2.75) is 20.8 Å². The van der Waals surface area contributed by atoms with Crippen molar-refractivity contribution in [1.82, 2.24) is 0 Å². The molecule has 3 rings (SSSR count). The van der Waals surface area contributed by atoms with E-state index in [2.05, 4.69) is 5.32 Å². The zero-order valence-corrected chi connectivity index (χ0v) is 13.8. The van der Waals surface area contributed by atoms with Crippen LogP contribution in [0.3, 0.4) is 0 Å². The first kappa shape index (κ1) is 15.9. The van der Waals surface area contributed by atoms with Crippen molar-refractivity contribution >= 4 is 29.1 Å². The second-order valence-electron chi connectivity index (χ2n) is 6.71. The Morgan fingerprint density at radius 1 is 0.917 bits per heavy atom. The number of nitrogens with zero attached hydrogens (tertiary/aromatic N) is 1. The van der Waals surface area contributed by atoms with E-state index >= 15 is 0 Å². The molecule has 0 spiro atoms. The summed E-state index contributed by atoms with van der Waals surface area (Å²) in [4.78, 5) is 38.8. The summed E-state index contributed by atoms with van der Waals surface area (Å²) in [5, 5.41) is 2.77. The van der Waals surface area contributed by atoms with Crippen LogP contribution in [0.5, 0.6) is 0 Å². The van der Waals surface area contributed by atoms with Crippen LogP contribution in [0.4, 0.5) is 11.4 Å². The van der Waals surface area contributed by atoms with E-state index < -0.39 is 11.3 Å². The van der Waals surface area contributed by atoms with Crippen LogP contribution in [0, 0.1) is 5.41 Å². The van der Waals surface area contributed by atoms with Crippen LogP contribution >= 0.6 is 0 Å². The number of rotatable bonds is 2. The number of anilines is 2. The fourth-order valence-electron chi connectivity index (χ4n) is 2.51. The number of amides is 3. The number of para-hydroxylation sites is 1. The van der Waals surface area contributed by atoms with E-state index in [1.807, 2.05) is 6.07 Å². The number of fused-ring (bicyclic) bond motifs is 1. The van der Waals surface area contributed by atoms with Gasteiger partial charge in [0.1, 0.15) is 0 Å². The monoisotopic (exact) mass is 322 g/mol. The topological polar surface area (TPSA) is 66.5 Å². The average Bonchev–Trinajstić information content (AvgIpc) is 2.79. The molecule has 1 N–H and O–H groups in total. The third-order valence-corrected chi connectivity index (χ3v) is 3.86. The molecule has 0 saturated carbocycles. The lowest BCUT2D eigenvalue weighted by Gasteiger charge is -2.19. The van der Waals surface area contributed by atoms with Crippen LogP contribution in [0.2, 0.25) is 0 Å². The first-order valence-electron chi connectivity index (χ1n) is 7.69. The van der Waals surface area contributed by atoms with Gasteiger partial charge in [-0.3, -0.25) is 14.4 Å². The fraction of sp³-hybridized carbons (Fsp3) is 0.211. The Labute approximate surface area is 140 Å². The van der Waals surface area contributed by atoms with Crippen molar-refractivity contribution < 1.29 is 14.4 Å². The molecule has 24 heavy (non-hydrogen) atoms. The van der Waals surface area contributed by atoms with Gasteiger partial charge in [-0.25, -0.2) is 4.90 Å². The molecular formula is C19H18N2O3. The Balaban J connectivity index is 2.03. The molecule has 0 fully saturated rings. The number of nitrogens with one attached hydrogen (secondary N) is 1. The first-order valence-corrected chi connectivity index (χ1v) is 7.69. The highest BCUT2D eigenvalue weighted by Crippen LogP contribution is 2.33. The maximum atomic E-state index is 12.8. The van der Waals surface area contributed by atoms with Gasteiger partial charge in [-0.15, -0.1) is 0 Å². The van der Waals surface area contributed by atoms with Crippen molar-refractivity contribution in [2.24, 2.45) is 5.41 Å². The van der Waals surface area contributed by atoms with Crippen LogP contribution in [-0.2, 0) is 4.79 Å². The lowest BCUT2D eigenvalue weighted by atomic mass is 9.95. The van der Waals surface area contributed by atoms with Crippen molar-refractivity contribution in [2.75, 3.05) is 10.2 Å². The maximum Gasteiger partial charge on any atom is 0.268 e. The number of carbonyl (C=O) groups is 3. The molecule has 5 heteroatoms. The molecule has 1 aliphatic heterocycles. The summed E-state index contributed by atoms with van der Waals surface area (Å²) in [7, 11) is 0. The zero-order chi connectivity index (χ0) is 17.5. The minimum absolute atomic E-state index is 0.214. The molecule has 0 aliphatic carbocycles. The summed E-state index contributed by atoms with van der Waals surface area (Å²) in [5.41, 5.74) is 0.813. The molecule has 0 unspecified atom stereocenters. The van der Waals surface area contributed by atoms with Gasteiger partial charge in [0.15, 0.2) is 0 Å². The van der Waals surface area contributed by atoms with Gasteiger partial charge in [0.25, 0.3) is 11.8 Å². The van der Waals surface area contributed by atoms with Gasteiger partial charge in [-0.05, 0) is 24.3 Å². The average molecular weight is 322 g/mol. The van der Waals surface area contributed by atoms with E-state index in [0.717, 1.165) is 4.90 Å². The van der Waals surface area contributed by atoms with Gasteiger partial charge in [-0.1, -0.05) is 45.0 Å². The van der Waals surface area contributed by atoms with E-state index in [1.165, 1.54) is 0 Å². The maximum absolute atomic E-state index is 12.8. The molecule has 3 amide bonds. The smallest absolute Gasteiger partial charge is 0.268 e. The molecule has 0 radical (unpaired) electrons. The second kappa shape index (κ2) is 5.60. The van der Waals surface area contributed by atoms with Crippen LogP contribution in [0.25, 0.3) is 0 Å². The fourth-order valence-corrected chi connectivity index (χ4v) is 2.51. The lowest BCUT2D eigenvalue weighted by Crippen LogP contribution is -2.30. The largest absolute Gasteiger partial charge is 0.325 e. The van der Waals surface area contributed by atoms with Crippen molar-refractivity contribution in [1.29, 1.82) is 0 Å². The van der Waals surface area contributed by atoms with Gasteiger partial charge in [0, 0.05) is 5.41 Å². The normalized spacial score (nSPS) is 13.9. The summed E-state index contributed by atoms with van der Waals surface area (Å²) in [5.74, 6) is -1.02. The number of benzene rings is 2. The number of imide groups is 1. The molecule has 0 saturated heterocycles. The Morgan fingerprint density at radius 2 is 1.58 bits per heavy atom. The highest BCUT2D eigenvalue weighted by Gasteiger charge is 2.39. The Morgan fingerprint density at radius 3 is 2.21 bits per heavy atom. The molecule has 1 aliphatic rings. The molecule has 122 valence electrons. The molecule has 0 aromatic heterocycles. The van der Waals surface area contributed by atoms with E-state index in [0.29, 0.717) is 16.9 Å². The minimum Gasteiger partial charge on any atom is -0.325 e. The summed E-state index contributed by atoms with van der Waals surface area (Å²) in [6.45, 7) is 5.36. The molecule has 1 heterocycles. The minimum atomic E-state index is -0.604. The molecule has 2 aromatic rings. The highest BCUT2D eigenvalue weighted by atomic mass is 16.2. The van der Waals surface area contributed by atoms with Crippen molar-refractivity contribution in [3.63, 3.8) is 0 Å². The standard InChI is InChI=1S/C19H18N2O3/c1-19(2,3)18(24)20-14-11-7-10-13-15(14)17(23)21(16(13)22)12-8-5-4-6-9-12/h4-11H,1-3H3,(H,20,24). The molecule has 0 bridgehead atoms. The summed E-state index contributed by atoms with van der Waals surface area (Å²) in [6.07, 6.45) is 0. The third-order valence-electron chi connectivity index (χ3n) is 3.86. The summed E-state index contributed by atoms with van der Waals surface area (Å²) >= 11 is 0. The summed E-state index contributed by atoms with van der Waals surface area (Å²) in [6, 6.07) is 13.7. The predicted molar refractivity (Wildman–Crippen MR) is 92.1 cm³/mol. The lowest BCUT2D eigenvalue weighted by molar-refractivity contribution is -0.123. The first-order chi connectivity index (χ1) is 11.3. The van der Waals surface area contributed by atoms with E-state index in [1.54, 1.807) is 63.2 Å². The van der Waals surface area contributed by atoms with E-state index in [9.17, 15) is 14.4 Å². The molecular weight excluding hydrogens is 304 g/mol. The van der Waals surface area contributed by atoms with Gasteiger partial charge in [0.05, 0.1) is 22.5 Å². The second-order valence-corrected chi connectivity index (χ2v) is 6.71. The van der Waals surface area contributed by atoms with Crippen molar-refractivity contribution in [3.05, 3.63) is 59.7 Å². The quantitative estimate of drug-likeness (QED) is 0.861. The third kappa shape index (κ3) is 2.58. The Hall–Kier alpha value is -2.95. The van der Waals surface area contributed by atoms with E-state index in [4.69, 9.17) is 0 Å². The van der Waals surface area contributed by atoms with Gasteiger partial charge in [0.2, 0.25) is 5.91 Å². The van der Waals surface area contributed by atoms with Crippen molar-refractivity contribution in [3.8, 4) is 0 Å².